The molecule has 0 amide bonds. The van der Waals surface area contributed by atoms with E-state index in [9.17, 15) is 0 Å². The second-order valence-electron chi connectivity index (χ2n) is 5.31. The Bertz CT molecular complexity index is 303. The van der Waals surface area contributed by atoms with Crippen molar-refractivity contribution in [2.45, 2.75) is 64.2 Å². The highest BCUT2D eigenvalue weighted by atomic mass is 14.2. The van der Waals surface area contributed by atoms with Crippen LogP contribution in [0, 0.1) is 0 Å². The molecule has 0 radical (unpaired) electrons. The van der Waals surface area contributed by atoms with Crippen LogP contribution in [0.3, 0.4) is 0 Å². The molecule has 88 valence electrons. The summed E-state index contributed by atoms with van der Waals surface area (Å²) >= 11 is 0. The van der Waals surface area contributed by atoms with Crippen molar-refractivity contribution in [1.82, 2.24) is 0 Å². The molecule has 1 fully saturated rings. The van der Waals surface area contributed by atoms with E-state index in [1.54, 1.807) is 5.56 Å². The molecule has 0 unspecified atom stereocenters. The average molecular weight is 216 g/mol. The number of hydrogen-bond acceptors (Lipinski definition) is 0. The van der Waals surface area contributed by atoms with Crippen molar-refractivity contribution in [2.24, 2.45) is 0 Å². The van der Waals surface area contributed by atoms with E-state index < -0.39 is 0 Å². The number of hydrogen-bond donors (Lipinski definition) is 0. The molecular formula is C16H24. The maximum absolute atomic E-state index is 2.37. The fourth-order valence-electron chi connectivity index (χ4n) is 2.77. The highest BCUT2D eigenvalue weighted by Gasteiger charge is 2.15. The van der Waals surface area contributed by atoms with Crippen LogP contribution in [0.5, 0.6) is 0 Å². The molecule has 1 saturated carbocycles. The van der Waals surface area contributed by atoms with Crippen molar-refractivity contribution < 1.29 is 0 Å². The van der Waals surface area contributed by atoms with Gasteiger partial charge in [0, 0.05) is 0 Å². The molecule has 1 aromatic carbocycles. The molecule has 0 aromatic heterocycles. The Morgan fingerprint density at radius 1 is 1.06 bits per heavy atom. The Morgan fingerprint density at radius 3 is 2.25 bits per heavy atom. The van der Waals surface area contributed by atoms with Gasteiger partial charge in [0.15, 0.2) is 0 Å². The van der Waals surface area contributed by atoms with Gasteiger partial charge in [-0.05, 0) is 42.2 Å². The molecule has 0 aliphatic heterocycles. The molecule has 0 nitrogen and oxygen atoms in total. The van der Waals surface area contributed by atoms with E-state index in [0.29, 0.717) is 5.92 Å². The van der Waals surface area contributed by atoms with Gasteiger partial charge in [0.2, 0.25) is 0 Å². The lowest BCUT2D eigenvalue weighted by molar-refractivity contribution is 0.443. The first-order valence-corrected chi connectivity index (χ1v) is 6.91. The zero-order valence-electron chi connectivity index (χ0n) is 10.7. The highest BCUT2D eigenvalue weighted by molar-refractivity contribution is 5.27. The van der Waals surface area contributed by atoms with Gasteiger partial charge in [-0.3, -0.25) is 0 Å². The fraction of sp³-hybridized carbons (Fsp3) is 0.625. The summed E-state index contributed by atoms with van der Waals surface area (Å²) in [5, 5.41) is 0. The van der Waals surface area contributed by atoms with Gasteiger partial charge in [-0.25, -0.2) is 0 Å². The minimum absolute atomic E-state index is 0.709. The first kappa shape index (κ1) is 11.7. The van der Waals surface area contributed by atoms with Crippen LogP contribution in [0.2, 0.25) is 0 Å². The molecule has 1 aromatic rings. The Kier molecular flexibility index (Phi) is 4.04. The molecule has 1 aliphatic carbocycles. The Labute approximate surface area is 100 Å². The summed E-state index contributed by atoms with van der Waals surface area (Å²) in [6.07, 6.45) is 8.35. The minimum atomic E-state index is 0.709. The molecule has 2 rings (SSSR count). The third kappa shape index (κ3) is 2.66. The van der Waals surface area contributed by atoms with Gasteiger partial charge in [0.25, 0.3) is 0 Å². The van der Waals surface area contributed by atoms with E-state index in [-0.39, 0.29) is 0 Å². The first-order valence-electron chi connectivity index (χ1n) is 6.91. The minimum Gasteiger partial charge on any atom is -0.0648 e. The number of benzene rings is 1. The lowest BCUT2D eigenvalue weighted by atomic mass is 9.83. The van der Waals surface area contributed by atoms with Crippen LogP contribution in [0.1, 0.15) is 75.3 Å². The molecule has 1 atom stereocenters. The topological polar surface area (TPSA) is 0 Å². The SMILES string of the molecule is CC[C@H](C)c1ccc(C2CCCCC2)cc1. The van der Waals surface area contributed by atoms with Crippen LogP contribution in [0.4, 0.5) is 0 Å². The van der Waals surface area contributed by atoms with Crippen LogP contribution in [-0.2, 0) is 0 Å². The van der Waals surface area contributed by atoms with Crippen molar-refractivity contribution in [3.63, 3.8) is 0 Å². The summed E-state index contributed by atoms with van der Waals surface area (Å²) in [5.41, 5.74) is 3.08. The quantitative estimate of drug-likeness (QED) is 0.647. The van der Waals surface area contributed by atoms with Crippen molar-refractivity contribution in [2.75, 3.05) is 0 Å². The van der Waals surface area contributed by atoms with E-state index in [1.807, 2.05) is 0 Å². The third-order valence-corrected chi connectivity index (χ3v) is 4.19. The van der Waals surface area contributed by atoms with Crippen LogP contribution in [0.15, 0.2) is 24.3 Å². The second-order valence-corrected chi connectivity index (χ2v) is 5.31. The summed E-state index contributed by atoms with van der Waals surface area (Å²) in [6.45, 7) is 4.58. The molecular weight excluding hydrogens is 192 g/mol. The Morgan fingerprint density at radius 2 is 1.69 bits per heavy atom. The smallest absolute Gasteiger partial charge is 0.0162 e. The lowest BCUT2D eigenvalue weighted by Crippen LogP contribution is -2.04. The fourth-order valence-corrected chi connectivity index (χ4v) is 2.77. The molecule has 0 spiro atoms. The standard InChI is InChI=1S/C16H24/c1-3-13(2)14-9-11-16(12-10-14)15-7-5-4-6-8-15/h9-13,15H,3-8H2,1-2H3/t13-/m0/s1. The number of rotatable bonds is 3. The van der Waals surface area contributed by atoms with Crippen molar-refractivity contribution >= 4 is 0 Å². The van der Waals surface area contributed by atoms with Gasteiger partial charge in [-0.1, -0.05) is 57.4 Å². The van der Waals surface area contributed by atoms with Crippen molar-refractivity contribution in [1.29, 1.82) is 0 Å². The first-order chi connectivity index (χ1) is 7.81. The van der Waals surface area contributed by atoms with Crippen molar-refractivity contribution in [3.05, 3.63) is 35.4 Å². The largest absolute Gasteiger partial charge is 0.0648 e. The van der Waals surface area contributed by atoms with E-state index >= 15 is 0 Å². The van der Waals surface area contributed by atoms with Crippen molar-refractivity contribution in [3.8, 4) is 0 Å². The van der Waals surface area contributed by atoms with E-state index in [4.69, 9.17) is 0 Å². The van der Waals surface area contributed by atoms with Gasteiger partial charge in [0.05, 0.1) is 0 Å². The van der Waals surface area contributed by atoms with Crippen LogP contribution < -0.4 is 0 Å². The normalized spacial score (nSPS) is 19.6. The van der Waals surface area contributed by atoms with E-state index in [2.05, 4.69) is 38.1 Å². The summed E-state index contributed by atoms with van der Waals surface area (Å²) in [7, 11) is 0. The average Bonchev–Trinajstić information content (AvgIpc) is 2.39. The van der Waals surface area contributed by atoms with E-state index in [0.717, 1.165) is 5.92 Å². The van der Waals surface area contributed by atoms with Gasteiger partial charge < -0.3 is 0 Å². The zero-order chi connectivity index (χ0) is 11.4. The van der Waals surface area contributed by atoms with E-state index in [1.165, 1.54) is 44.1 Å². The zero-order valence-corrected chi connectivity index (χ0v) is 10.7. The maximum atomic E-state index is 2.37. The molecule has 0 heterocycles. The van der Waals surface area contributed by atoms with Gasteiger partial charge >= 0.3 is 0 Å². The Hall–Kier alpha value is -0.780. The van der Waals surface area contributed by atoms with Gasteiger partial charge in [-0.15, -0.1) is 0 Å². The summed E-state index contributed by atoms with van der Waals surface area (Å²) in [6, 6.07) is 9.44. The summed E-state index contributed by atoms with van der Waals surface area (Å²) in [5.74, 6) is 1.56. The van der Waals surface area contributed by atoms with Crippen LogP contribution >= 0.6 is 0 Å². The predicted molar refractivity (Wildman–Crippen MR) is 71.0 cm³/mol. The summed E-state index contributed by atoms with van der Waals surface area (Å²) < 4.78 is 0. The third-order valence-electron chi connectivity index (χ3n) is 4.19. The second kappa shape index (κ2) is 5.52. The molecule has 1 aliphatic rings. The molecule has 0 bridgehead atoms. The molecule has 0 N–H and O–H groups in total. The molecule has 16 heavy (non-hydrogen) atoms. The van der Waals surface area contributed by atoms with Gasteiger partial charge in [0.1, 0.15) is 0 Å². The van der Waals surface area contributed by atoms with Crippen LogP contribution in [-0.4, -0.2) is 0 Å². The van der Waals surface area contributed by atoms with Gasteiger partial charge in [-0.2, -0.15) is 0 Å². The predicted octanol–water partition coefficient (Wildman–Crippen LogP) is 5.25. The summed E-state index contributed by atoms with van der Waals surface area (Å²) in [4.78, 5) is 0. The lowest BCUT2D eigenvalue weighted by Gasteiger charge is -2.22. The molecule has 0 saturated heterocycles. The van der Waals surface area contributed by atoms with Crippen LogP contribution in [0.25, 0.3) is 0 Å². The maximum Gasteiger partial charge on any atom is -0.0162 e. The highest BCUT2D eigenvalue weighted by Crippen LogP contribution is 2.33. The Balaban J connectivity index is 2.06. The monoisotopic (exact) mass is 216 g/mol. The molecule has 0 heteroatoms.